The van der Waals surface area contributed by atoms with E-state index < -0.39 is 0 Å². The molecule has 4 rings (SSSR count). The fourth-order valence-corrected chi connectivity index (χ4v) is 5.20. The molecule has 0 bridgehead atoms. The zero-order valence-corrected chi connectivity index (χ0v) is 17.2. The standard InChI is InChI=1S/C21H28N4O2S/c1-2-19-22-9-12-25(19)17-7-4-11-24(15-17)20(26)16-6-3-10-23(14-16)21(27)18-8-5-13-28-18/h5,8-9,12-13,16-17H,2-4,6-7,10-11,14-15H2,1H3. The van der Waals surface area contributed by atoms with Crippen LogP contribution in [0.5, 0.6) is 0 Å². The zero-order valence-electron chi connectivity index (χ0n) is 16.4. The quantitative estimate of drug-likeness (QED) is 0.792. The predicted molar refractivity (Wildman–Crippen MR) is 109 cm³/mol. The van der Waals surface area contributed by atoms with Gasteiger partial charge in [-0.2, -0.15) is 0 Å². The van der Waals surface area contributed by atoms with Crippen LogP contribution in [0.3, 0.4) is 0 Å². The molecule has 2 aliphatic heterocycles. The number of carbonyl (C=O) groups is 2. The summed E-state index contributed by atoms with van der Waals surface area (Å²) in [6.07, 6.45) is 8.67. The fourth-order valence-electron chi connectivity index (χ4n) is 4.51. The van der Waals surface area contributed by atoms with Gasteiger partial charge in [0.05, 0.1) is 16.8 Å². The van der Waals surface area contributed by atoms with E-state index in [2.05, 4.69) is 16.5 Å². The van der Waals surface area contributed by atoms with Crippen LogP contribution in [0.2, 0.25) is 0 Å². The summed E-state index contributed by atoms with van der Waals surface area (Å²) in [5, 5.41) is 1.92. The maximum atomic E-state index is 13.2. The van der Waals surface area contributed by atoms with Gasteiger partial charge in [-0.15, -0.1) is 11.3 Å². The first-order valence-corrected chi connectivity index (χ1v) is 11.2. The monoisotopic (exact) mass is 400 g/mol. The fraction of sp³-hybridized carbons (Fsp3) is 0.571. The van der Waals surface area contributed by atoms with Gasteiger partial charge in [-0.1, -0.05) is 13.0 Å². The molecule has 2 unspecified atom stereocenters. The van der Waals surface area contributed by atoms with Gasteiger partial charge in [-0.3, -0.25) is 9.59 Å². The molecule has 4 heterocycles. The number of aryl methyl sites for hydroxylation is 1. The van der Waals surface area contributed by atoms with Crippen molar-refractivity contribution in [3.8, 4) is 0 Å². The molecule has 2 atom stereocenters. The van der Waals surface area contributed by atoms with Crippen molar-refractivity contribution in [2.75, 3.05) is 26.2 Å². The molecule has 0 N–H and O–H groups in total. The van der Waals surface area contributed by atoms with Crippen LogP contribution >= 0.6 is 11.3 Å². The second-order valence-corrected chi connectivity index (χ2v) is 8.70. The van der Waals surface area contributed by atoms with Gasteiger partial charge in [0, 0.05) is 45.0 Å². The molecule has 0 aliphatic carbocycles. The van der Waals surface area contributed by atoms with Crippen LogP contribution in [0.25, 0.3) is 0 Å². The summed E-state index contributed by atoms with van der Waals surface area (Å²) in [7, 11) is 0. The van der Waals surface area contributed by atoms with Gasteiger partial charge in [0.15, 0.2) is 0 Å². The Labute approximate surface area is 170 Å². The Morgan fingerprint density at radius 3 is 2.79 bits per heavy atom. The number of hydrogen-bond acceptors (Lipinski definition) is 4. The summed E-state index contributed by atoms with van der Waals surface area (Å²) in [6.45, 7) is 4.98. The van der Waals surface area contributed by atoms with Gasteiger partial charge < -0.3 is 14.4 Å². The Morgan fingerprint density at radius 1 is 1.18 bits per heavy atom. The summed E-state index contributed by atoms with van der Waals surface area (Å²) < 4.78 is 2.24. The van der Waals surface area contributed by atoms with Gasteiger partial charge >= 0.3 is 0 Å². The second kappa shape index (κ2) is 8.47. The summed E-state index contributed by atoms with van der Waals surface area (Å²) in [4.78, 5) is 35.0. The lowest BCUT2D eigenvalue weighted by Crippen LogP contribution is -2.49. The van der Waals surface area contributed by atoms with E-state index in [1.54, 1.807) is 0 Å². The van der Waals surface area contributed by atoms with Gasteiger partial charge in [-0.05, 0) is 37.1 Å². The van der Waals surface area contributed by atoms with Crippen molar-refractivity contribution in [2.45, 2.75) is 45.1 Å². The third-order valence-corrected chi connectivity index (χ3v) is 6.81. The number of rotatable bonds is 4. The molecular weight excluding hydrogens is 372 g/mol. The van der Waals surface area contributed by atoms with Crippen molar-refractivity contribution < 1.29 is 9.59 Å². The Bertz CT molecular complexity index is 816. The first-order valence-electron chi connectivity index (χ1n) is 10.3. The van der Waals surface area contributed by atoms with Crippen LogP contribution < -0.4 is 0 Å². The highest BCUT2D eigenvalue weighted by Crippen LogP contribution is 2.27. The van der Waals surface area contributed by atoms with Crippen molar-refractivity contribution in [1.29, 1.82) is 0 Å². The average Bonchev–Trinajstić information content (AvgIpc) is 3.44. The van der Waals surface area contributed by atoms with Crippen LogP contribution in [-0.4, -0.2) is 57.3 Å². The third-order valence-electron chi connectivity index (χ3n) is 5.96. The molecule has 0 aromatic carbocycles. The molecule has 2 aromatic rings. The highest BCUT2D eigenvalue weighted by molar-refractivity contribution is 7.12. The van der Waals surface area contributed by atoms with E-state index in [1.165, 1.54) is 11.3 Å². The topological polar surface area (TPSA) is 58.4 Å². The van der Waals surface area contributed by atoms with Crippen LogP contribution in [0.4, 0.5) is 0 Å². The number of amides is 2. The lowest BCUT2D eigenvalue weighted by molar-refractivity contribution is -0.138. The van der Waals surface area contributed by atoms with E-state index in [4.69, 9.17) is 0 Å². The molecule has 0 spiro atoms. The Morgan fingerprint density at radius 2 is 2.00 bits per heavy atom. The molecule has 2 saturated heterocycles. The van der Waals surface area contributed by atoms with Crippen LogP contribution in [-0.2, 0) is 11.2 Å². The Kier molecular flexibility index (Phi) is 5.80. The summed E-state index contributed by atoms with van der Waals surface area (Å²) in [5.74, 6) is 1.29. The van der Waals surface area contributed by atoms with Crippen LogP contribution in [0, 0.1) is 5.92 Å². The minimum Gasteiger partial charge on any atom is -0.340 e. The molecule has 150 valence electrons. The van der Waals surface area contributed by atoms with Crippen molar-refractivity contribution in [3.63, 3.8) is 0 Å². The van der Waals surface area contributed by atoms with Crippen LogP contribution in [0.1, 0.15) is 54.1 Å². The molecule has 28 heavy (non-hydrogen) atoms. The smallest absolute Gasteiger partial charge is 0.263 e. The number of piperidine rings is 2. The number of nitrogens with zero attached hydrogens (tertiary/aromatic N) is 4. The Balaban J connectivity index is 1.41. The molecule has 2 fully saturated rings. The minimum atomic E-state index is -0.0788. The highest BCUT2D eigenvalue weighted by atomic mass is 32.1. The molecule has 2 aliphatic rings. The van der Waals surface area contributed by atoms with E-state index in [9.17, 15) is 9.59 Å². The molecule has 6 nitrogen and oxygen atoms in total. The predicted octanol–water partition coefficient (Wildman–Crippen LogP) is 3.22. The van der Waals surface area contributed by atoms with E-state index in [1.807, 2.05) is 39.7 Å². The summed E-state index contributed by atoms with van der Waals surface area (Å²) >= 11 is 1.47. The lowest BCUT2D eigenvalue weighted by atomic mass is 9.94. The lowest BCUT2D eigenvalue weighted by Gasteiger charge is -2.38. The molecule has 2 amide bonds. The largest absolute Gasteiger partial charge is 0.340 e. The molecular formula is C21H28N4O2S. The molecule has 7 heteroatoms. The van der Waals surface area contributed by atoms with Crippen molar-refractivity contribution in [3.05, 3.63) is 40.6 Å². The van der Waals surface area contributed by atoms with Crippen molar-refractivity contribution in [2.24, 2.45) is 5.92 Å². The van der Waals surface area contributed by atoms with Gasteiger partial charge in [-0.25, -0.2) is 4.98 Å². The number of likely N-dealkylation sites (tertiary alicyclic amines) is 2. The normalized spacial score (nSPS) is 23.0. The Hall–Kier alpha value is -2.15. The van der Waals surface area contributed by atoms with E-state index in [0.717, 1.165) is 62.4 Å². The van der Waals surface area contributed by atoms with Gasteiger partial charge in [0.25, 0.3) is 5.91 Å². The SMILES string of the molecule is CCc1nccn1C1CCCN(C(=O)C2CCCN(C(=O)c3cccs3)C2)C1. The van der Waals surface area contributed by atoms with Crippen LogP contribution in [0.15, 0.2) is 29.9 Å². The van der Waals surface area contributed by atoms with E-state index >= 15 is 0 Å². The highest BCUT2D eigenvalue weighted by Gasteiger charge is 2.34. The maximum Gasteiger partial charge on any atom is 0.263 e. The van der Waals surface area contributed by atoms with Crippen molar-refractivity contribution >= 4 is 23.2 Å². The average molecular weight is 401 g/mol. The molecule has 0 radical (unpaired) electrons. The number of carbonyl (C=O) groups excluding carboxylic acids is 2. The number of hydrogen-bond donors (Lipinski definition) is 0. The first-order chi connectivity index (χ1) is 13.7. The summed E-state index contributed by atoms with van der Waals surface area (Å²) in [5.41, 5.74) is 0. The third kappa shape index (κ3) is 3.85. The number of aromatic nitrogens is 2. The second-order valence-electron chi connectivity index (χ2n) is 7.75. The number of thiophene rings is 1. The van der Waals surface area contributed by atoms with E-state index in [-0.39, 0.29) is 17.7 Å². The summed E-state index contributed by atoms with van der Waals surface area (Å²) in [6, 6.07) is 4.07. The van der Waals surface area contributed by atoms with E-state index in [0.29, 0.717) is 12.6 Å². The first kappa shape index (κ1) is 19.2. The molecule has 0 saturated carbocycles. The number of imidazole rings is 1. The van der Waals surface area contributed by atoms with Gasteiger partial charge in [0.2, 0.25) is 5.91 Å². The molecule has 2 aromatic heterocycles. The maximum absolute atomic E-state index is 13.2. The van der Waals surface area contributed by atoms with Crippen molar-refractivity contribution in [1.82, 2.24) is 19.4 Å². The van der Waals surface area contributed by atoms with Gasteiger partial charge in [0.1, 0.15) is 5.82 Å². The zero-order chi connectivity index (χ0) is 19.5. The minimum absolute atomic E-state index is 0.0648.